The highest BCUT2D eigenvalue weighted by Gasteiger charge is 2.45. The fourth-order valence-electron chi connectivity index (χ4n) is 3.91. The van der Waals surface area contributed by atoms with Crippen LogP contribution in [-0.4, -0.2) is 37.1 Å². The first-order chi connectivity index (χ1) is 8.70. The summed E-state index contributed by atoms with van der Waals surface area (Å²) in [5, 5.41) is 0. The van der Waals surface area contributed by atoms with Crippen molar-refractivity contribution in [3.8, 4) is 0 Å². The third-order valence-corrected chi connectivity index (χ3v) is 5.53. The van der Waals surface area contributed by atoms with Crippen molar-refractivity contribution in [2.75, 3.05) is 26.3 Å². The van der Waals surface area contributed by atoms with Gasteiger partial charge in [0.2, 0.25) is 5.91 Å². The summed E-state index contributed by atoms with van der Waals surface area (Å²) in [7, 11) is 0. The average Bonchev–Trinajstić information content (AvgIpc) is 2.83. The van der Waals surface area contributed by atoms with Crippen LogP contribution in [0.15, 0.2) is 0 Å². The van der Waals surface area contributed by atoms with Crippen molar-refractivity contribution in [3.63, 3.8) is 0 Å². The van der Waals surface area contributed by atoms with Gasteiger partial charge >= 0.3 is 0 Å². The smallest absolute Gasteiger partial charge is 0.225 e. The molecule has 1 spiro atoms. The Morgan fingerprint density at radius 1 is 1.28 bits per heavy atom. The Kier molecular flexibility index (Phi) is 3.35. The summed E-state index contributed by atoms with van der Waals surface area (Å²) in [6.07, 6.45) is 7.44. The Balaban J connectivity index is 1.57. The van der Waals surface area contributed by atoms with Crippen molar-refractivity contribution in [1.82, 2.24) is 4.90 Å². The van der Waals surface area contributed by atoms with Crippen LogP contribution in [0.2, 0.25) is 0 Å². The van der Waals surface area contributed by atoms with Gasteiger partial charge in [0.1, 0.15) is 0 Å². The number of ether oxygens (including phenoxy) is 1. The highest BCUT2D eigenvalue weighted by Crippen LogP contribution is 2.48. The van der Waals surface area contributed by atoms with Crippen LogP contribution in [0.25, 0.3) is 0 Å². The molecule has 2 aliphatic heterocycles. The van der Waals surface area contributed by atoms with Crippen LogP contribution < -0.4 is 0 Å². The molecule has 2 saturated heterocycles. The molecule has 2 heterocycles. The molecule has 0 N–H and O–H groups in total. The van der Waals surface area contributed by atoms with E-state index in [1.807, 2.05) is 0 Å². The van der Waals surface area contributed by atoms with Crippen LogP contribution in [0.4, 0.5) is 0 Å². The molecule has 102 valence electrons. The van der Waals surface area contributed by atoms with Crippen molar-refractivity contribution < 1.29 is 9.53 Å². The summed E-state index contributed by atoms with van der Waals surface area (Å²) >= 11 is 0. The standard InChI is InChI=1S/C15H25NO2/c1-12(13-3-9-18-10-4-13)14(17)16-8-7-15(11-16)5-2-6-15/h12-13H,2-11H2,1H3. The van der Waals surface area contributed by atoms with Gasteiger partial charge in [-0.1, -0.05) is 13.3 Å². The monoisotopic (exact) mass is 251 g/mol. The summed E-state index contributed by atoms with van der Waals surface area (Å²) in [5.74, 6) is 1.15. The van der Waals surface area contributed by atoms with E-state index in [0.717, 1.165) is 39.1 Å². The third kappa shape index (κ3) is 2.18. The molecule has 0 aromatic heterocycles. The second-order valence-electron chi connectivity index (χ2n) is 6.60. The second-order valence-corrected chi connectivity index (χ2v) is 6.60. The molecule has 3 heteroatoms. The fourth-order valence-corrected chi connectivity index (χ4v) is 3.91. The molecular weight excluding hydrogens is 226 g/mol. The van der Waals surface area contributed by atoms with Crippen LogP contribution in [0.5, 0.6) is 0 Å². The van der Waals surface area contributed by atoms with E-state index in [-0.39, 0.29) is 5.92 Å². The van der Waals surface area contributed by atoms with Gasteiger partial charge in [0.05, 0.1) is 0 Å². The molecule has 0 bridgehead atoms. The lowest BCUT2D eigenvalue weighted by Gasteiger charge is -2.38. The van der Waals surface area contributed by atoms with Crippen molar-refractivity contribution in [2.24, 2.45) is 17.3 Å². The number of likely N-dealkylation sites (tertiary alicyclic amines) is 1. The predicted octanol–water partition coefficient (Wildman–Crippen LogP) is 2.45. The van der Waals surface area contributed by atoms with E-state index in [9.17, 15) is 4.79 Å². The van der Waals surface area contributed by atoms with Gasteiger partial charge in [0, 0.05) is 32.2 Å². The van der Waals surface area contributed by atoms with Crippen LogP contribution in [0.3, 0.4) is 0 Å². The lowest BCUT2D eigenvalue weighted by molar-refractivity contribution is -0.137. The van der Waals surface area contributed by atoms with E-state index < -0.39 is 0 Å². The molecule has 1 amide bonds. The van der Waals surface area contributed by atoms with Gasteiger partial charge in [-0.2, -0.15) is 0 Å². The minimum absolute atomic E-state index is 0.198. The van der Waals surface area contributed by atoms with Crippen molar-refractivity contribution in [1.29, 1.82) is 0 Å². The molecule has 0 aromatic rings. The maximum Gasteiger partial charge on any atom is 0.225 e. The van der Waals surface area contributed by atoms with Crippen LogP contribution >= 0.6 is 0 Å². The maximum absolute atomic E-state index is 12.6. The SMILES string of the molecule is CC(C(=O)N1CCC2(CCC2)C1)C1CCOCC1. The molecule has 3 aliphatic rings. The summed E-state index contributed by atoms with van der Waals surface area (Å²) in [4.78, 5) is 14.7. The number of rotatable bonds is 2. The van der Waals surface area contributed by atoms with Crippen molar-refractivity contribution in [3.05, 3.63) is 0 Å². The van der Waals surface area contributed by atoms with Gasteiger partial charge in [-0.05, 0) is 43.4 Å². The number of hydrogen-bond donors (Lipinski definition) is 0. The molecule has 0 aromatic carbocycles. The normalized spacial score (nSPS) is 29.3. The molecule has 18 heavy (non-hydrogen) atoms. The van der Waals surface area contributed by atoms with Gasteiger partial charge in [-0.15, -0.1) is 0 Å². The molecule has 0 radical (unpaired) electrons. The molecule has 3 nitrogen and oxygen atoms in total. The van der Waals surface area contributed by atoms with Crippen LogP contribution in [-0.2, 0) is 9.53 Å². The minimum Gasteiger partial charge on any atom is -0.381 e. The molecule has 3 rings (SSSR count). The Morgan fingerprint density at radius 3 is 2.56 bits per heavy atom. The van der Waals surface area contributed by atoms with Gasteiger partial charge in [0.25, 0.3) is 0 Å². The topological polar surface area (TPSA) is 29.5 Å². The summed E-state index contributed by atoms with van der Waals surface area (Å²) in [6, 6.07) is 0. The number of nitrogens with zero attached hydrogens (tertiary/aromatic N) is 1. The van der Waals surface area contributed by atoms with Gasteiger partial charge in [-0.25, -0.2) is 0 Å². The van der Waals surface area contributed by atoms with Gasteiger partial charge in [0.15, 0.2) is 0 Å². The van der Waals surface area contributed by atoms with Gasteiger partial charge in [-0.3, -0.25) is 4.79 Å². The first-order valence-electron chi connectivity index (χ1n) is 7.57. The van der Waals surface area contributed by atoms with E-state index >= 15 is 0 Å². The van der Waals surface area contributed by atoms with Gasteiger partial charge < -0.3 is 9.64 Å². The summed E-state index contributed by atoms with van der Waals surface area (Å²) in [5.41, 5.74) is 0.533. The second kappa shape index (κ2) is 4.84. The first-order valence-corrected chi connectivity index (χ1v) is 7.57. The Labute approximate surface area is 110 Å². The zero-order valence-corrected chi connectivity index (χ0v) is 11.5. The molecule has 1 aliphatic carbocycles. The molecule has 1 unspecified atom stereocenters. The third-order valence-electron chi connectivity index (χ3n) is 5.53. The lowest BCUT2D eigenvalue weighted by atomic mass is 9.68. The van der Waals surface area contributed by atoms with E-state index in [0.29, 0.717) is 17.2 Å². The minimum atomic E-state index is 0.198. The fraction of sp³-hybridized carbons (Fsp3) is 0.933. The van der Waals surface area contributed by atoms with E-state index in [2.05, 4.69) is 11.8 Å². The number of carbonyl (C=O) groups excluding carboxylic acids is 1. The summed E-state index contributed by atoms with van der Waals surface area (Å²) < 4.78 is 5.39. The zero-order valence-electron chi connectivity index (χ0n) is 11.5. The van der Waals surface area contributed by atoms with Crippen LogP contribution in [0.1, 0.15) is 45.4 Å². The molecule has 3 fully saturated rings. The quantitative estimate of drug-likeness (QED) is 0.754. The van der Waals surface area contributed by atoms with E-state index in [4.69, 9.17) is 4.74 Å². The molecule has 1 saturated carbocycles. The van der Waals surface area contributed by atoms with Crippen molar-refractivity contribution >= 4 is 5.91 Å². The molecule has 1 atom stereocenters. The maximum atomic E-state index is 12.6. The van der Waals surface area contributed by atoms with E-state index in [1.54, 1.807) is 0 Å². The first kappa shape index (κ1) is 12.5. The number of hydrogen-bond acceptors (Lipinski definition) is 2. The lowest BCUT2D eigenvalue weighted by Crippen LogP contribution is -2.40. The number of carbonyl (C=O) groups is 1. The largest absolute Gasteiger partial charge is 0.381 e. The zero-order chi connectivity index (χ0) is 12.6. The van der Waals surface area contributed by atoms with E-state index in [1.165, 1.54) is 25.7 Å². The van der Waals surface area contributed by atoms with Crippen molar-refractivity contribution in [2.45, 2.75) is 45.4 Å². The Morgan fingerprint density at radius 2 is 2.00 bits per heavy atom. The predicted molar refractivity (Wildman–Crippen MR) is 70.2 cm³/mol. The Hall–Kier alpha value is -0.570. The highest BCUT2D eigenvalue weighted by atomic mass is 16.5. The average molecular weight is 251 g/mol. The summed E-state index contributed by atoms with van der Waals surface area (Å²) in [6.45, 7) is 5.86. The highest BCUT2D eigenvalue weighted by molar-refractivity contribution is 5.79. The van der Waals surface area contributed by atoms with Crippen LogP contribution in [0, 0.1) is 17.3 Å². The Bertz CT molecular complexity index is 314. The molecular formula is C15H25NO2. The number of amides is 1.